The summed E-state index contributed by atoms with van der Waals surface area (Å²) in [4.78, 5) is 11.5. The van der Waals surface area contributed by atoms with E-state index in [9.17, 15) is 9.90 Å². The molecule has 0 heterocycles. The molecule has 0 rings (SSSR count). The first-order chi connectivity index (χ1) is 8.43. The second-order valence-corrected chi connectivity index (χ2v) is 5.10. The summed E-state index contributed by atoms with van der Waals surface area (Å²) in [5.41, 5.74) is 0. The van der Waals surface area contributed by atoms with Gasteiger partial charge in [0.1, 0.15) is 6.04 Å². The van der Waals surface area contributed by atoms with Gasteiger partial charge in [0, 0.05) is 6.42 Å². The van der Waals surface area contributed by atoms with Crippen LogP contribution in [0.5, 0.6) is 0 Å². The smallest absolute Gasteiger partial charge is 0.130 e. The van der Waals surface area contributed by atoms with E-state index in [-0.39, 0.29) is 0 Å². The number of carboxylic acids is 1. The summed E-state index contributed by atoms with van der Waals surface area (Å²) in [5.74, 6) is -0.709. The highest BCUT2D eigenvalue weighted by Gasteiger charge is 2.35. The normalized spacial score (nSPS) is 13.1. The van der Waals surface area contributed by atoms with Gasteiger partial charge in [0.2, 0.25) is 0 Å². The molecule has 0 amide bonds. The first-order valence-corrected chi connectivity index (χ1v) is 6.32. The Bertz CT molecular complexity index is 281. The lowest BCUT2D eigenvalue weighted by Crippen LogP contribution is -2.62. The molecule has 0 aliphatic rings. The van der Waals surface area contributed by atoms with E-state index >= 15 is 0 Å². The molecule has 0 aromatic rings. The first-order valence-electron chi connectivity index (χ1n) is 6.32. The molecule has 18 heavy (non-hydrogen) atoms. The van der Waals surface area contributed by atoms with E-state index in [1.807, 2.05) is 13.8 Å². The average Bonchev–Trinajstić information content (AvgIpc) is 2.26. The Labute approximate surface area is 111 Å². The third-order valence-electron chi connectivity index (χ3n) is 3.11. The van der Waals surface area contributed by atoms with E-state index in [4.69, 9.17) is 0 Å². The molecule has 0 radical (unpaired) electrons. The van der Waals surface area contributed by atoms with Crippen LogP contribution in [0.25, 0.3) is 0 Å². The maximum absolute atomic E-state index is 11.5. The fourth-order valence-electron chi connectivity index (χ4n) is 2.37. The van der Waals surface area contributed by atoms with E-state index < -0.39 is 12.0 Å². The summed E-state index contributed by atoms with van der Waals surface area (Å²) in [6.45, 7) is 16.9. The number of quaternary nitrogens is 1. The molecule has 0 unspecified atom stereocenters. The highest BCUT2D eigenvalue weighted by atomic mass is 16.4. The second kappa shape index (κ2) is 7.88. The number of nitrogens with zero attached hydrogens (tertiary/aromatic N) is 1. The molecule has 3 heteroatoms. The average molecular weight is 251 g/mol. The largest absolute Gasteiger partial charge is 0.544 e. The van der Waals surface area contributed by atoms with Crippen molar-refractivity contribution in [3.63, 3.8) is 0 Å². The molecule has 0 aliphatic carbocycles. The highest BCUT2D eigenvalue weighted by Crippen LogP contribution is 2.21. The Morgan fingerprint density at radius 3 is 1.72 bits per heavy atom. The van der Waals surface area contributed by atoms with Gasteiger partial charge in [-0.15, -0.1) is 0 Å². The van der Waals surface area contributed by atoms with Gasteiger partial charge in [0.25, 0.3) is 0 Å². The number of carbonyl (C=O) groups is 1. The predicted octanol–water partition coefficient (Wildman–Crippen LogP) is 1.53. The summed E-state index contributed by atoms with van der Waals surface area (Å²) in [7, 11) is 0. The molecule has 0 fully saturated rings. The van der Waals surface area contributed by atoms with Crippen molar-refractivity contribution >= 4 is 5.97 Å². The molecule has 0 saturated carbocycles. The van der Waals surface area contributed by atoms with Crippen LogP contribution in [0, 0.1) is 5.92 Å². The van der Waals surface area contributed by atoms with Crippen molar-refractivity contribution in [2.24, 2.45) is 5.92 Å². The minimum atomic E-state index is -1.01. The van der Waals surface area contributed by atoms with Gasteiger partial charge in [-0.2, -0.15) is 0 Å². The molecular formula is C15H25NO2. The van der Waals surface area contributed by atoms with Gasteiger partial charge in [0.15, 0.2) is 0 Å². The molecule has 0 spiro atoms. The van der Waals surface area contributed by atoms with Gasteiger partial charge in [-0.3, -0.25) is 0 Å². The zero-order valence-electron chi connectivity index (χ0n) is 11.6. The summed E-state index contributed by atoms with van der Waals surface area (Å²) in [6.07, 6.45) is 5.84. The number of carbonyl (C=O) groups excluding carboxylic acids is 1. The minimum Gasteiger partial charge on any atom is -0.544 e. The number of hydrogen-bond donors (Lipinski definition) is 0. The SMILES string of the molecule is C=CC[N+](CC=C)(CC=C)[C@@H](CC(C)C)C(=O)[O-]. The number of hydrogen-bond acceptors (Lipinski definition) is 2. The molecular weight excluding hydrogens is 226 g/mol. The predicted molar refractivity (Wildman–Crippen MR) is 73.7 cm³/mol. The Balaban J connectivity index is 5.40. The van der Waals surface area contributed by atoms with Crippen LogP contribution < -0.4 is 5.11 Å². The van der Waals surface area contributed by atoms with Gasteiger partial charge in [-0.1, -0.05) is 33.6 Å². The van der Waals surface area contributed by atoms with Crippen molar-refractivity contribution in [1.29, 1.82) is 0 Å². The summed E-state index contributed by atoms with van der Waals surface area (Å²) >= 11 is 0. The fraction of sp³-hybridized carbons (Fsp3) is 0.533. The lowest BCUT2D eigenvalue weighted by atomic mass is 9.99. The van der Waals surface area contributed by atoms with E-state index in [0.717, 1.165) is 0 Å². The molecule has 0 saturated heterocycles. The number of carboxylic acid groups (broad SMARTS) is 1. The topological polar surface area (TPSA) is 40.1 Å². The van der Waals surface area contributed by atoms with E-state index in [2.05, 4.69) is 19.7 Å². The van der Waals surface area contributed by atoms with Crippen molar-refractivity contribution in [2.75, 3.05) is 19.6 Å². The zero-order chi connectivity index (χ0) is 14.2. The Hall–Kier alpha value is -1.35. The third-order valence-corrected chi connectivity index (χ3v) is 3.11. The lowest BCUT2D eigenvalue weighted by molar-refractivity contribution is -0.930. The van der Waals surface area contributed by atoms with Crippen LogP contribution >= 0.6 is 0 Å². The zero-order valence-corrected chi connectivity index (χ0v) is 11.6. The van der Waals surface area contributed by atoms with E-state index in [1.54, 1.807) is 18.2 Å². The van der Waals surface area contributed by atoms with Crippen LogP contribution in [-0.2, 0) is 4.79 Å². The van der Waals surface area contributed by atoms with Crippen LogP contribution in [0.2, 0.25) is 0 Å². The van der Waals surface area contributed by atoms with Gasteiger partial charge < -0.3 is 14.4 Å². The molecule has 3 nitrogen and oxygen atoms in total. The molecule has 0 aromatic carbocycles. The van der Waals surface area contributed by atoms with Crippen molar-refractivity contribution in [3.8, 4) is 0 Å². The van der Waals surface area contributed by atoms with Crippen molar-refractivity contribution in [2.45, 2.75) is 26.3 Å². The molecule has 1 atom stereocenters. The van der Waals surface area contributed by atoms with Crippen LogP contribution in [0.4, 0.5) is 0 Å². The van der Waals surface area contributed by atoms with Crippen molar-refractivity contribution < 1.29 is 14.4 Å². The second-order valence-electron chi connectivity index (χ2n) is 5.10. The summed E-state index contributed by atoms with van der Waals surface area (Å²) in [6, 6.07) is -0.556. The molecule has 0 bridgehead atoms. The Kier molecular flexibility index (Phi) is 7.29. The molecule has 0 aliphatic heterocycles. The maximum atomic E-state index is 11.5. The third kappa shape index (κ3) is 4.49. The quantitative estimate of drug-likeness (QED) is 0.436. The van der Waals surface area contributed by atoms with Gasteiger partial charge in [-0.25, -0.2) is 0 Å². The lowest BCUT2D eigenvalue weighted by Gasteiger charge is -2.44. The summed E-state index contributed by atoms with van der Waals surface area (Å²) < 4.78 is 0.358. The monoisotopic (exact) mass is 251 g/mol. The molecule has 0 aromatic heterocycles. The Morgan fingerprint density at radius 1 is 1.11 bits per heavy atom. The first kappa shape index (κ1) is 16.6. The van der Waals surface area contributed by atoms with Crippen molar-refractivity contribution in [3.05, 3.63) is 38.0 Å². The van der Waals surface area contributed by atoms with Crippen molar-refractivity contribution in [1.82, 2.24) is 0 Å². The molecule has 102 valence electrons. The van der Waals surface area contributed by atoms with Crippen LogP contribution in [-0.4, -0.2) is 36.1 Å². The van der Waals surface area contributed by atoms with E-state index in [0.29, 0.717) is 36.5 Å². The number of aliphatic carboxylic acids is 1. The maximum Gasteiger partial charge on any atom is 0.130 e. The van der Waals surface area contributed by atoms with Gasteiger partial charge >= 0.3 is 0 Å². The number of rotatable bonds is 10. The fourth-order valence-corrected chi connectivity index (χ4v) is 2.37. The van der Waals surface area contributed by atoms with Crippen LogP contribution in [0.1, 0.15) is 20.3 Å². The standard InChI is InChI=1S/C15H25NO2/c1-6-9-16(10-7-2,11-8-3)14(15(17)18)12-13(4)5/h6-8,13-14H,1-3,9-12H2,4-5H3/t14-/m0/s1. The highest BCUT2D eigenvalue weighted by molar-refractivity contribution is 5.69. The Morgan fingerprint density at radius 2 is 1.50 bits per heavy atom. The summed E-state index contributed by atoms with van der Waals surface area (Å²) in [5, 5.41) is 11.5. The minimum absolute atomic E-state index is 0.296. The molecule has 0 N–H and O–H groups in total. The van der Waals surface area contributed by atoms with E-state index in [1.165, 1.54) is 0 Å². The van der Waals surface area contributed by atoms with Crippen LogP contribution in [0.3, 0.4) is 0 Å². The van der Waals surface area contributed by atoms with Crippen LogP contribution in [0.15, 0.2) is 38.0 Å². The van der Waals surface area contributed by atoms with Gasteiger partial charge in [-0.05, 0) is 24.1 Å². The van der Waals surface area contributed by atoms with Gasteiger partial charge in [0.05, 0.1) is 25.6 Å².